The van der Waals surface area contributed by atoms with Crippen LogP contribution in [0.2, 0.25) is 0 Å². The van der Waals surface area contributed by atoms with Gasteiger partial charge in [-0.25, -0.2) is 42.7 Å². The van der Waals surface area contributed by atoms with Gasteiger partial charge in [-0.15, -0.1) is 0 Å². The number of nitrogens with zero attached hydrogens (tertiary/aromatic N) is 2. The lowest BCUT2D eigenvalue weighted by molar-refractivity contribution is -0.143. The number of hydrogen-bond acceptors (Lipinski definition) is 25. The summed E-state index contributed by atoms with van der Waals surface area (Å²) in [5, 5.41) is 3.65. The van der Waals surface area contributed by atoms with Gasteiger partial charge in [0, 0.05) is 70.3 Å². The first-order chi connectivity index (χ1) is 37.1. The fourth-order valence-corrected chi connectivity index (χ4v) is 4.16. The molecule has 1 aromatic carbocycles. The third-order valence-electron chi connectivity index (χ3n) is 8.03. The number of ether oxygens (including phenoxy) is 13. The minimum absolute atomic E-state index is 0.0139. The van der Waals surface area contributed by atoms with E-state index in [-0.39, 0.29) is 50.3 Å². The summed E-state index contributed by atoms with van der Waals surface area (Å²) in [7, 11) is 6.63. The van der Waals surface area contributed by atoms with E-state index in [4.69, 9.17) is 23.5 Å². The van der Waals surface area contributed by atoms with E-state index in [1.54, 1.807) is 27.0 Å². The minimum atomic E-state index is -0.804. The molecule has 0 bridgehead atoms. The van der Waals surface area contributed by atoms with Gasteiger partial charge in [-0.1, -0.05) is 44.1 Å². The molecule has 2 atom stereocenters. The third kappa shape index (κ3) is 49.8. The molecule has 0 fully saturated rings. The molecule has 78 heavy (non-hydrogen) atoms. The van der Waals surface area contributed by atoms with E-state index in [0.717, 1.165) is 42.4 Å². The van der Waals surface area contributed by atoms with Crippen LogP contribution in [-0.2, 0) is 90.3 Å². The molecule has 0 spiro atoms. The topological polar surface area (TPSA) is 313 Å². The van der Waals surface area contributed by atoms with Gasteiger partial charge in [0.25, 0.3) is 0 Å². The number of rotatable bonds is 27. The Balaban J connectivity index is -0.000000422. The summed E-state index contributed by atoms with van der Waals surface area (Å²) in [6.45, 7) is 24.9. The lowest BCUT2D eigenvalue weighted by Gasteiger charge is -2.11. The molecule has 0 saturated carbocycles. The summed E-state index contributed by atoms with van der Waals surface area (Å²) in [6.07, 6.45) is 6.71. The monoisotopic (exact) mass is 1110 g/mol. The first kappa shape index (κ1) is 76.1. The molecule has 1 aromatic heterocycles. The van der Waals surface area contributed by atoms with Gasteiger partial charge >= 0.3 is 54.3 Å². The van der Waals surface area contributed by atoms with E-state index >= 15 is 0 Å². The normalized spacial score (nSPS) is 10.0. The van der Waals surface area contributed by atoms with Crippen LogP contribution < -0.4 is 0 Å². The second kappa shape index (κ2) is 52.0. The SMILES string of the molecule is C=CC(=O)OC(C)CCOC.C=CC(=O)OCC(C)OC(=O)OC.C=CC(=O)OCCCCC(=O)OC.C=CC(=O)OCCCCOC(=O)OC.C=CC(=O)OCCCOC(=O)OC.Cc1ccc(-c2noc(C)n2)c(F)c1. The van der Waals surface area contributed by atoms with E-state index < -0.39 is 48.4 Å². The molecule has 438 valence electrons. The van der Waals surface area contributed by atoms with Crippen LogP contribution in [0, 0.1) is 19.7 Å². The number of carbonyl (C=O) groups excluding carboxylic acids is 9. The fourth-order valence-electron chi connectivity index (χ4n) is 4.16. The van der Waals surface area contributed by atoms with E-state index in [2.05, 4.69) is 85.7 Å². The molecule has 0 amide bonds. The van der Waals surface area contributed by atoms with E-state index in [1.807, 2.05) is 19.9 Å². The average molecular weight is 1120 g/mol. The Bertz CT molecular complexity index is 2070. The number of esters is 6. The molecule has 25 nitrogen and oxygen atoms in total. The molecule has 1 heterocycles. The molecule has 2 aromatic rings. The van der Waals surface area contributed by atoms with Crippen molar-refractivity contribution < 1.29 is 114 Å². The number of carbonyl (C=O) groups is 9. The van der Waals surface area contributed by atoms with Crippen molar-refractivity contribution >= 4 is 54.3 Å². The number of aryl methyl sites for hydroxylation is 2. The van der Waals surface area contributed by atoms with Crippen LogP contribution in [-0.4, -0.2) is 158 Å². The van der Waals surface area contributed by atoms with Crippen molar-refractivity contribution in [2.45, 2.75) is 84.8 Å². The lowest BCUT2D eigenvalue weighted by atomic mass is 10.1. The number of hydrogen-bond donors (Lipinski definition) is 0. The number of methoxy groups -OCH3 is 5. The van der Waals surface area contributed by atoms with Gasteiger partial charge < -0.3 is 66.1 Å². The second-order valence-corrected chi connectivity index (χ2v) is 14.4. The number of benzene rings is 1. The molecule has 0 radical (unpaired) electrons. The van der Waals surface area contributed by atoms with Crippen molar-refractivity contribution in [3.05, 3.63) is 98.7 Å². The molecular formula is C52H75FN2O23. The molecule has 0 aliphatic rings. The Morgan fingerprint density at radius 2 is 1.00 bits per heavy atom. The van der Waals surface area contributed by atoms with Gasteiger partial charge in [-0.05, 0) is 64.2 Å². The Morgan fingerprint density at radius 3 is 1.42 bits per heavy atom. The van der Waals surface area contributed by atoms with Crippen molar-refractivity contribution in [2.24, 2.45) is 0 Å². The van der Waals surface area contributed by atoms with E-state index in [0.29, 0.717) is 75.6 Å². The summed E-state index contributed by atoms with van der Waals surface area (Å²) in [4.78, 5) is 98.7. The van der Waals surface area contributed by atoms with Crippen molar-refractivity contribution in [2.75, 3.05) is 81.8 Å². The van der Waals surface area contributed by atoms with E-state index in [9.17, 15) is 47.5 Å². The predicted octanol–water partition coefficient (Wildman–Crippen LogP) is 7.75. The largest absolute Gasteiger partial charge is 0.508 e. The van der Waals surface area contributed by atoms with Gasteiger partial charge in [0.2, 0.25) is 11.7 Å². The quantitative estimate of drug-likeness (QED) is 0.0357. The predicted molar refractivity (Wildman–Crippen MR) is 275 cm³/mol. The third-order valence-corrected chi connectivity index (χ3v) is 8.03. The highest BCUT2D eigenvalue weighted by molar-refractivity contribution is 5.82. The zero-order valence-corrected chi connectivity index (χ0v) is 45.9. The number of aromatic nitrogens is 2. The van der Waals surface area contributed by atoms with Crippen molar-refractivity contribution in [3.8, 4) is 11.4 Å². The highest BCUT2D eigenvalue weighted by Gasteiger charge is 2.12. The minimum Gasteiger partial charge on any atom is -0.469 e. The summed E-state index contributed by atoms with van der Waals surface area (Å²) in [5.41, 5.74) is 1.24. The molecule has 0 saturated heterocycles. The lowest BCUT2D eigenvalue weighted by Crippen LogP contribution is -2.21. The van der Waals surface area contributed by atoms with Gasteiger partial charge in [-0.3, -0.25) is 4.79 Å². The maximum Gasteiger partial charge on any atom is 0.508 e. The molecule has 26 heteroatoms. The molecule has 2 rings (SSSR count). The van der Waals surface area contributed by atoms with E-state index in [1.165, 1.54) is 34.5 Å². The molecule has 0 aliphatic carbocycles. The Kier molecular flexibility index (Phi) is 50.8. The Morgan fingerprint density at radius 1 is 0.551 bits per heavy atom. The average Bonchev–Trinajstić information content (AvgIpc) is 3.87. The second-order valence-electron chi connectivity index (χ2n) is 14.4. The maximum atomic E-state index is 13.4. The van der Waals surface area contributed by atoms with Crippen molar-refractivity contribution in [1.82, 2.24) is 10.1 Å². The van der Waals surface area contributed by atoms with Crippen LogP contribution in [0.15, 0.2) is 86.0 Å². The zero-order chi connectivity index (χ0) is 60.1. The Hall–Kier alpha value is -8.42. The van der Waals surface area contributed by atoms with Crippen LogP contribution >= 0.6 is 0 Å². The standard InChI is InChI=1S/C10H9FN2O.C9H14O5.C9H14O4.2C8H12O5.C8H14O3/c1-6-3-4-8(9(11)5-6)10-12-7(2)14-13-10;1-3-8(10)13-6-4-5-7-14-9(11)12-2;1-3-8(10)13-7-5-4-6-9(11)12-2;1-4-7(9)12-5-6(2)13-8(10)11-3;1-3-7(9)12-5-4-6-13-8(10)11-2;1-4-8(9)11-7(2)5-6-10-3/h3-5H,1-2H3;3H,1,4-7H2,2H3;3H,1,4-7H2,2H3;4,6H,1,5H2,2-3H3;3H,1,4-6H2,2H3;4,7H,1,5-6H2,2-3H3. The molecule has 2 unspecified atom stereocenters. The van der Waals surface area contributed by atoms with Gasteiger partial charge in [0.15, 0.2) is 0 Å². The maximum absolute atomic E-state index is 13.4. The van der Waals surface area contributed by atoms with Crippen molar-refractivity contribution in [3.63, 3.8) is 0 Å². The molecule has 0 aliphatic heterocycles. The van der Waals surface area contributed by atoms with Crippen LogP contribution in [0.4, 0.5) is 18.8 Å². The van der Waals surface area contributed by atoms with Crippen LogP contribution in [0.3, 0.4) is 0 Å². The molecular weight excluding hydrogens is 1040 g/mol. The van der Waals surface area contributed by atoms with Crippen LogP contribution in [0.5, 0.6) is 0 Å². The highest BCUT2D eigenvalue weighted by atomic mass is 19.1. The first-order valence-electron chi connectivity index (χ1n) is 23.4. The van der Waals surface area contributed by atoms with Crippen molar-refractivity contribution in [1.29, 1.82) is 0 Å². The van der Waals surface area contributed by atoms with Crippen LogP contribution in [0.25, 0.3) is 11.4 Å². The first-order valence-corrected chi connectivity index (χ1v) is 23.4. The number of unbranched alkanes of at least 4 members (excludes halogenated alkanes) is 2. The molecule has 0 N–H and O–H groups in total. The highest BCUT2D eigenvalue weighted by Crippen LogP contribution is 2.20. The summed E-state index contributed by atoms with van der Waals surface area (Å²) in [6, 6.07) is 4.90. The number of halogens is 1. The Labute approximate surface area is 453 Å². The smallest absolute Gasteiger partial charge is 0.469 e. The fraction of sp³-hybridized carbons (Fsp3) is 0.481. The van der Waals surface area contributed by atoms with Gasteiger partial charge in [0.05, 0.1) is 67.0 Å². The van der Waals surface area contributed by atoms with Gasteiger partial charge in [0.1, 0.15) is 24.6 Å². The summed E-state index contributed by atoms with van der Waals surface area (Å²) >= 11 is 0. The summed E-state index contributed by atoms with van der Waals surface area (Å²) < 4.78 is 77.4. The van der Waals surface area contributed by atoms with Crippen LogP contribution in [0.1, 0.15) is 70.2 Å². The zero-order valence-electron chi connectivity index (χ0n) is 45.9. The summed E-state index contributed by atoms with van der Waals surface area (Å²) in [5.74, 6) is -2.15. The van der Waals surface area contributed by atoms with Gasteiger partial charge in [-0.2, -0.15) is 4.98 Å².